The van der Waals surface area contributed by atoms with Crippen molar-refractivity contribution in [2.75, 3.05) is 23.7 Å². The van der Waals surface area contributed by atoms with E-state index in [0.29, 0.717) is 36.4 Å². The minimum atomic E-state index is -4.56. The molecule has 0 bridgehead atoms. The lowest BCUT2D eigenvalue weighted by Gasteiger charge is -2.33. The van der Waals surface area contributed by atoms with Crippen LogP contribution in [0, 0.1) is 6.92 Å². The molecule has 0 saturated carbocycles. The summed E-state index contributed by atoms with van der Waals surface area (Å²) in [5.74, 6) is -0.578. The smallest absolute Gasteiger partial charge is 0.340 e. The molecule has 38 heavy (non-hydrogen) atoms. The van der Waals surface area contributed by atoms with Crippen LogP contribution >= 0.6 is 0 Å². The van der Waals surface area contributed by atoms with Gasteiger partial charge in [0.15, 0.2) is 5.65 Å². The number of hydrogen-bond donors (Lipinski definition) is 1. The second kappa shape index (κ2) is 9.54. The molecule has 15 heteroatoms. The first-order valence-electron chi connectivity index (χ1n) is 11.8. The number of fused-ring (bicyclic) bond motifs is 3. The fourth-order valence-electron chi connectivity index (χ4n) is 4.57. The Labute approximate surface area is 217 Å². The number of anilines is 1. The van der Waals surface area contributed by atoms with Gasteiger partial charge in [-0.2, -0.15) is 13.2 Å². The van der Waals surface area contributed by atoms with Crippen LogP contribution in [-0.4, -0.2) is 66.2 Å². The summed E-state index contributed by atoms with van der Waals surface area (Å²) < 4.78 is 93.9. The second-order valence-electron chi connectivity index (χ2n) is 9.30. The zero-order chi connectivity index (χ0) is 27.3. The third kappa shape index (κ3) is 5.22. The lowest BCUT2D eigenvalue weighted by atomic mass is 10.1. The van der Waals surface area contributed by atoms with E-state index < -0.39 is 44.4 Å². The summed E-state index contributed by atoms with van der Waals surface area (Å²) in [4.78, 5) is 10.8. The lowest BCUT2D eigenvalue weighted by molar-refractivity contribution is -0.130. The van der Waals surface area contributed by atoms with Gasteiger partial charge in [0, 0.05) is 25.3 Å². The molecule has 3 aromatic heterocycles. The largest absolute Gasteiger partial charge is 0.390 e. The Morgan fingerprint density at radius 1 is 1.05 bits per heavy atom. The number of nitrogens with one attached hydrogen (secondary N) is 1. The molecule has 1 N–H and O–H groups in total. The van der Waals surface area contributed by atoms with Gasteiger partial charge in [-0.05, 0) is 38.0 Å². The number of aromatic nitrogens is 4. The molecule has 0 amide bonds. The van der Waals surface area contributed by atoms with Crippen LogP contribution in [0.3, 0.4) is 0 Å². The number of alkyl halides is 3. The predicted octanol–water partition coefficient (Wildman–Crippen LogP) is 3.07. The molecule has 0 radical (unpaired) electrons. The standard InChI is InChI=1S/C23H25F3N6O4S2/c1-16-4-6-19(7-5-16)38(35,36)31-11-8-20-21(31)27-13-18-14-28-22(32(18)20)30-10-2-3-17(15-30)29-37(33,34)12-9-23(24,25)26/h4-8,11,13-14,17,29H,2-3,9-10,12,15H2,1H3. The SMILES string of the molecule is Cc1ccc(S(=O)(=O)n2ccc3c2ncc2cnc(N4CCCC(NS(=O)(=O)CCC(F)(F)F)C4)n23)cc1. The van der Waals surface area contributed by atoms with E-state index in [1.165, 1.54) is 24.5 Å². The van der Waals surface area contributed by atoms with E-state index in [2.05, 4.69) is 14.7 Å². The molecule has 1 aliphatic rings. The van der Waals surface area contributed by atoms with Gasteiger partial charge in [0.05, 0.1) is 40.5 Å². The quantitative estimate of drug-likeness (QED) is 0.363. The fourth-order valence-corrected chi connectivity index (χ4v) is 7.19. The third-order valence-corrected chi connectivity index (χ3v) is 9.53. The van der Waals surface area contributed by atoms with Gasteiger partial charge in [-0.3, -0.25) is 4.40 Å². The normalized spacial score (nSPS) is 17.5. The molecule has 10 nitrogen and oxygen atoms in total. The summed E-state index contributed by atoms with van der Waals surface area (Å²) in [5, 5.41) is 0. The number of rotatable bonds is 7. The van der Waals surface area contributed by atoms with Crippen LogP contribution in [0.15, 0.2) is 53.8 Å². The Morgan fingerprint density at radius 3 is 2.47 bits per heavy atom. The van der Waals surface area contributed by atoms with Gasteiger partial charge in [-0.15, -0.1) is 0 Å². The Balaban J connectivity index is 1.45. The van der Waals surface area contributed by atoms with Crippen LogP contribution in [-0.2, 0) is 20.0 Å². The minimum absolute atomic E-state index is 0.116. The number of imidazole rings is 1. The van der Waals surface area contributed by atoms with Crippen molar-refractivity contribution < 1.29 is 30.0 Å². The van der Waals surface area contributed by atoms with Gasteiger partial charge in [0.1, 0.15) is 0 Å². The summed E-state index contributed by atoms with van der Waals surface area (Å²) >= 11 is 0. The zero-order valence-corrected chi connectivity index (χ0v) is 21.9. The number of aryl methyl sites for hydroxylation is 1. The summed E-state index contributed by atoms with van der Waals surface area (Å²) in [6.45, 7) is 2.58. The van der Waals surface area contributed by atoms with E-state index in [1.54, 1.807) is 28.8 Å². The molecule has 1 aliphatic heterocycles. The van der Waals surface area contributed by atoms with Crippen molar-refractivity contribution in [2.24, 2.45) is 0 Å². The van der Waals surface area contributed by atoms with Crippen molar-refractivity contribution in [3.63, 3.8) is 0 Å². The summed E-state index contributed by atoms with van der Waals surface area (Å²) in [7, 11) is -8.05. The van der Waals surface area contributed by atoms with Gasteiger partial charge in [-0.25, -0.2) is 35.5 Å². The maximum atomic E-state index is 13.3. The van der Waals surface area contributed by atoms with Gasteiger partial charge in [0.25, 0.3) is 10.0 Å². The summed E-state index contributed by atoms with van der Waals surface area (Å²) in [6.07, 6.45) is -0.441. The van der Waals surface area contributed by atoms with Crippen molar-refractivity contribution >= 4 is 42.7 Å². The molecule has 1 atom stereocenters. The number of benzene rings is 1. The first-order chi connectivity index (χ1) is 17.8. The molecule has 1 saturated heterocycles. The van der Waals surface area contributed by atoms with Crippen LogP contribution in [0.1, 0.15) is 24.8 Å². The highest BCUT2D eigenvalue weighted by Gasteiger charge is 2.32. The van der Waals surface area contributed by atoms with Crippen LogP contribution in [0.2, 0.25) is 0 Å². The first-order valence-corrected chi connectivity index (χ1v) is 14.9. The molecular formula is C23H25F3N6O4S2. The van der Waals surface area contributed by atoms with E-state index >= 15 is 0 Å². The number of piperidine rings is 1. The van der Waals surface area contributed by atoms with Crippen LogP contribution in [0.5, 0.6) is 0 Å². The average Bonchev–Trinajstić information content (AvgIpc) is 3.47. The molecule has 4 heterocycles. The van der Waals surface area contributed by atoms with Crippen molar-refractivity contribution in [1.29, 1.82) is 0 Å². The van der Waals surface area contributed by atoms with Gasteiger partial charge < -0.3 is 4.90 Å². The maximum Gasteiger partial charge on any atom is 0.390 e. The van der Waals surface area contributed by atoms with E-state index in [9.17, 15) is 30.0 Å². The topological polar surface area (TPSA) is 119 Å². The van der Waals surface area contributed by atoms with Gasteiger partial charge in [-0.1, -0.05) is 17.7 Å². The second-order valence-corrected chi connectivity index (χ2v) is 13.0. The number of halogens is 3. The van der Waals surface area contributed by atoms with E-state index in [1.807, 2.05) is 11.8 Å². The monoisotopic (exact) mass is 570 g/mol. The fraction of sp³-hybridized carbons (Fsp3) is 0.391. The zero-order valence-electron chi connectivity index (χ0n) is 20.3. The molecule has 0 spiro atoms. The molecule has 1 aromatic carbocycles. The molecule has 0 aliphatic carbocycles. The molecule has 1 unspecified atom stereocenters. The van der Waals surface area contributed by atoms with Gasteiger partial charge in [0.2, 0.25) is 16.0 Å². The predicted molar refractivity (Wildman–Crippen MR) is 135 cm³/mol. The Bertz CT molecular complexity index is 1700. The van der Waals surface area contributed by atoms with Crippen molar-refractivity contribution in [2.45, 2.75) is 43.3 Å². The molecule has 5 rings (SSSR count). The summed E-state index contributed by atoms with van der Waals surface area (Å²) in [5.41, 5.74) is 2.20. The minimum Gasteiger partial charge on any atom is -0.340 e. The van der Waals surface area contributed by atoms with Crippen LogP contribution < -0.4 is 9.62 Å². The highest BCUT2D eigenvalue weighted by Crippen LogP contribution is 2.27. The van der Waals surface area contributed by atoms with Crippen LogP contribution in [0.25, 0.3) is 16.7 Å². The number of hydrogen-bond acceptors (Lipinski definition) is 7. The lowest BCUT2D eigenvalue weighted by Crippen LogP contribution is -2.49. The first kappa shape index (κ1) is 26.4. The van der Waals surface area contributed by atoms with E-state index in [0.717, 1.165) is 9.54 Å². The Morgan fingerprint density at radius 2 is 1.76 bits per heavy atom. The van der Waals surface area contributed by atoms with Crippen molar-refractivity contribution in [3.05, 3.63) is 54.5 Å². The molecule has 1 fully saturated rings. The molecule has 4 aromatic rings. The van der Waals surface area contributed by atoms with E-state index in [-0.39, 0.29) is 17.1 Å². The van der Waals surface area contributed by atoms with E-state index in [4.69, 9.17) is 0 Å². The highest BCUT2D eigenvalue weighted by atomic mass is 32.2. The number of sulfonamides is 1. The Hall–Kier alpha value is -3.17. The number of nitrogens with zero attached hydrogens (tertiary/aromatic N) is 5. The van der Waals surface area contributed by atoms with Crippen LogP contribution in [0.4, 0.5) is 19.1 Å². The molecular weight excluding hydrogens is 545 g/mol. The Kier molecular flexibility index (Phi) is 6.64. The van der Waals surface area contributed by atoms with Crippen molar-refractivity contribution in [1.82, 2.24) is 23.1 Å². The average molecular weight is 571 g/mol. The highest BCUT2D eigenvalue weighted by molar-refractivity contribution is 7.90. The van der Waals surface area contributed by atoms with Crippen molar-refractivity contribution in [3.8, 4) is 0 Å². The maximum absolute atomic E-state index is 13.3. The van der Waals surface area contributed by atoms with Gasteiger partial charge >= 0.3 is 6.18 Å². The summed E-state index contributed by atoms with van der Waals surface area (Å²) in [6, 6.07) is 7.50. The molecule has 204 valence electrons. The third-order valence-electron chi connectivity index (χ3n) is 6.42.